The molecule has 0 bridgehead atoms. The zero-order chi connectivity index (χ0) is 23.0. The minimum atomic E-state index is -0.0146. The quantitative estimate of drug-likeness (QED) is 0.457. The number of aryl methyl sites for hydroxylation is 1. The molecule has 174 valence electrons. The first-order valence-electron chi connectivity index (χ1n) is 11.4. The van der Waals surface area contributed by atoms with Crippen LogP contribution in [0.5, 0.6) is 0 Å². The van der Waals surface area contributed by atoms with E-state index in [4.69, 9.17) is 14.0 Å². The normalized spacial score (nSPS) is 13.8. The highest BCUT2D eigenvalue weighted by atomic mass is 16.5. The van der Waals surface area contributed by atoms with Crippen LogP contribution in [0, 0.1) is 6.92 Å². The zero-order valence-corrected chi connectivity index (χ0v) is 19.3. The van der Waals surface area contributed by atoms with Crippen LogP contribution in [0.1, 0.15) is 27.9 Å². The van der Waals surface area contributed by atoms with E-state index in [0.29, 0.717) is 44.4 Å². The van der Waals surface area contributed by atoms with Gasteiger partial charge in [-0.3, -0.25) is 4.79 Å². The van der Waals surface area contributed by atoms with Gasteiger partial charge in [-0.2, -0.15) is 0 Å². The molecule has 2 aromatic carbocycles. The highest BCUT2D eigenvalue weighted by Gasteiger charge is 2.27. The van der Waals surface area contributed by atoms with Crippen molar-refractivity contribution in [2.24, 2.45) is 0 Å². The Morgan fingerprint density at radius 3 is 2.52 bits per heavy atom. The predicted molar refractivity (Wildman–Crippen MR) is 127 cm³/mol. The summed E-state index contributed by atoms with van der Waals surface area (Å²) in [4.78, 5) is 17.5. The Bertz CT molecular complexity index is 1030. The predicted octanol–water partition coefficient (Wildman–Crippen LogP) is 4.17. The molecule has 1 fully saturated rings. The van der Waals surface area contributed by atoms with Gasteiger partial charge >= 0.3 is 0 Å². The van der Waals surface area contributed by atoms with E-state index in [9.17, 15) is 4.79 Å². The Morgan fingerprint density at radius 1 is 1.09 bits per heavy atom. The third-order valence-electron chi connectivity index (χ3n) is 5.82. The lowest BCUT2D eigenvalue weighted by Crippen LogP contribution is -2.37. The van der Waals surface area contributed by atoms with Crippen molar-refractivity contribution in [1.29, 1.82) is 0 Å². The molecule has 0 spiro atoms. The Kier molecular flexibility index (Phi) is 7.75. The second-order valence-electron chi connectivity index (χ2n) is 8.22. The van der Waals surface area contributed by atoms with Crippen molar-refractivity contribution in [2.45, 2.75) is 19.9 Å². The zero-order valence-electron chi connectivity index (χ0n) is 19.3. The van der Waals surface area contributed by atoms with Crippen LogP contribution >= 0.6 is 0 Å². The minimum absolute atomic E-state index is 0.0146. The van der Waals surface area contributed by atoms with Crippen molar-refractivity contribution in [3.05, 3.63) is 71.3 Å². The van der Waals surface area contributed by atoms with Crippen molar-refractivity contribution in [3.63, 3.8) is 0 Å². The molecule has 7 nitrogen and oxygen atoms in total. The van der Waals surface area contributed by atoms with Crippen LogP contribution in [0.4, 0.5) is 5.88 Å². The Labute approximate surface area is 194 Å². The number of morpholine rings is 1. The number of rotatable bonds is 9. The smallest absolute Gasteiger partial charge is 0.254 e. The number of carbonyl (C=O) groups excluding carboxylic acids is 1. The molecule has 0 saturated carbocycles. The number of ether oxygens (including phenoxy) is 2. The molecule has 7 heteroatoms. The summed E-state index contributed by atoms with van der Waals surface area (Å²) in [5.74, 6) is 0.699. The minimum Gasteiger partial charge on any atom is -0.385 e. The lowest BCUT2D eigenvalue weighted by atomic mass is 10.1. The number of hydrogen-bond donors (Lipinski definition) is 0. The van der Waals surface area contributed by atoms with E-state index in [1.165, 1.54) is 0 Å². The topological polar surface area (TPSA) is 68.0 Å². The lowest BCUT2D eigenvalue weighted by Gasteiger charge is -2.28. The molecule has 1 saturated heterocycles. The van der Waals surface area contributed by atoms with Crippen molar-refractivity contribution < 1.29 is 18.8 Å². The maximum Gasteiger partial charge on any atom is 0.254 e. The highest BCUT2D eigenvalue weighted by molar-refractivity contribution is 5.94. The third kappa shape index (κ3) is 5.61. The van der Waals surface area contributed by atoms with Crippen LogP contribution in [0.15, 0.2) is 59.1 Å². The van der Waals surface area contributed by atoms with Gasteiger partial charge in [-0.15, -0.1) is 0 Å². The van der Waals surface area contributed by atoms with Crippen LogP contribution < -0.4 is 4.90 Å². The highest BCUT2D eigenvalue weighted by Crippen LogP contribution is 2.33. The van der Waals surface area contributed by atoms with Crippen molar-refractivity contribution in [3.8, 4) is 11.3 Å². The molecule has 2 heterocycles. The van der Waals surface area contributed by atoms with Gasteiger partial charge in [-0.05, 0) is 25.5 Å². The molecule has 3 aromatic rings. The maximum atomic E-state index is 13.5. The summed E-state index contributed by atoms with van der Waals surface area (Å²) in [7, 11) is 1.68. The van der Waals surface area contributed by atoms with Gasteiger partial charge in [0.1, 0.15) is 5.69 Å². The van der Waals surface area contributed by atoms with Crippen LogP contribution in [0.2, 0.25) is 0 Å². The third-order valence-corrected chi connectivity index (χ3v) is 5.82. The molecular weight excluding hydrogens is 418 g/mol. The first-order valence-corrected chi connectivity index (χ1v) is 11.4. The van der Waals surface area contributed by atoms with Gasteiger partial charge in [-0.1, -0.05) is 53.2 Å². The van der Waals surface area contributed by atoms with Crippen molar-refractivity contribution in [2.75, 3.05) is 51.5 Å². The number of carbonyl (C=O) groups is 1. The average Bonchev–Trinajstić information content (AvgIpc) is 3.28. The van der Waals surface area contributed by atoms with Gasteiger partial charge in [0.25, 0.3) is 5.91 Å². The lowest BCUT2D eigenvalue weighted by molar-refractivity contribution is 0.0723. The van der Waals surface area contributed by atoms with E-state index in [0.717, 1.165) is 41.9 Å². The molecule has 0 unspecified atom stereocenters. The number of amides is 1. The summed E-state index contributed by atoms with van der Waals surface area (Å²) >= 11 is 0. The summed E-state index contributed by atoms with van der Waals surface area (Å²) in [6, 6.07) is 17.7. The molecule has 1 aromatic heterocycles. The monoisotopic (exact) mass is 449 g/mol. The Morgan fingerprint density at radius 2 is 1.82 bits per heavy atom. The van der Waals surface area contributed by atoms with Crippen LogP contribution in [-0.4, -0.2) is 62.5 Å². The van der Waals surface area contributed by atoms with E-state index in [2.05, 4.69) is 10.1 Å². The molecule has 1 aliphatic heterocycles. The number of nitrogens with zero attached hydrogens (tertiary/aromatic N) is 3. The molecule has 4 rings (SSSR count). The van der Waals surface area contributed by atoms with Crippen molar-refractivity contribution >= 4 is 11.8 Å². The summed E-state index contributed by atoms with van der Waals surface area (Å²) in [5, 5.41) is 4.43. The standard InChI is InChI=1S/C26H31N3O4/c1-20-9-11-22(12-10-20)25(30)29(13-6-16-31-2)19-23-24(21-7-4-3-5-8-21)27-33-26(23)28-14-17-32-18-15-28/h3-5,7-12H,6,13-19H2,1-2H3. The second-order valence-corrected chi connectivity index (χ2v) is 8.22. The number of methoxy groups -OCH3 is 1. The van der Waals surface area contributed by atoms with E-state index >= 15 is 0 Å². The second kappa shape index (κ2) is 11.1. The van der Waals surface area contributed by atoms with E-state index in [1.807, 2.05) is 66.4 Å². The maximum absolute atomic E-state index is 13.5. The van der Waals surface area contributed by atoms with Gasteiger partial charge in [0.15, 0.2) is 0 Å². The first-order chi connectivity index (χ1) is 16.2. The largest absolute Gasteiger partial charge is 0.385 e. The molecule has 0 aliphatic carbocycles. The molecule has 0 N–H and O–H groups in total. The van der Waals surface area contributed by atoms with Gasteiger partial charge in [-0.25, -0.2) is 0 Å². The van der Waals surface area contributed by atoms with E-state index in [1.54, 1.807) is 7.11 Å². The molecule has 1 amide bonds. The van der Waals surface area contributed by atoms with Gasteiger partial charge in [0, 0.05) is 44.5 Å². The summed E-state index contributed by atoms with van der Waals surface area (Å²) in [6.45, 7) is 6.31. The summed E-state index contributed by atoms with van der Waals surface area (Å²) in [5.41, 5.74) is 4.45. The van der Waals surface area contributed by atoms with Crippen LogP contribution in [0.25, 0.3) is 11.3 Å². The molecule has 33 heavy (non-hydrogen) atoms. The fourth-order valence-corrected chi connectivity index (χ4v) is 4.00. The molecule has 0 atom stereocenters. The first kappa shape index (κ1) is 23.0. The molecule has 1 aliphatic rings. The number of benzene rings is 2. The number of anilines is 1. The number of aromatic nitrogens is 1. The van der Waals surface area contributed by atoms with Gasteiger partial charge in [0.2, 0.25) is 5.88 Å². The number of hydrogen-bond acceptors (Lipinski definition) is 6. The summed E-state index contributed by atoms with van der Waals surface area (Å²) in [6.07, 6.45) is 0.743. The van der Waals surface area contributed by atoms with Crippen LogP contribution in [-0.2, 0) is 16.0 Å². The van der Waals surface area contributed by atoms with E-state index < -0.39 is 0 Å². The van der Waals surface area contributed by atoms with E-state index in [-0.39, 0.29) is 5.91 Å². The van der Waals surface area contributed by atoms with Crippen molar-refractivity contribution in [1.82, 2.24) is 10.1 Å². The Hall–Kier alpha value is -3.16. The Balaban J connectivity index is 1.69. The van der Waals surface area contributed by atoms with Gasteiger partial charge in [0.05, 0.1) is 25.3 Å². The SMILES string of the molecule is COCCCN(Cc1c(-c2ccccc2)noc1N1CCOCC1)C(=O)c1ccc(C)cc1. The summed E-state index contributed by atoms with van der Waals surface area (Å²) < 4.78 is 16.6. The fraction of sp³-hybridized carbons (Fsp3) is 0.385. The molecule has 0 radical (unpaired) electrons. The molecular formula is C26H31N3O4. The van der Waals surface area contributed by atoms with Crippen LogP contribution in [0.3, 0.4) is 0 Å². The fourth-order valence-electron chi connectivity index (χ4n) is 4.00. The average molecular weight is 450 g/mol. The van der Waals surface area contributed by atoms with Gasteiger partial charge < -0.3 is 23.8 Å².